The molecule has 0 N–H and O–H groups in total. The van der Waals surface area contributed by atoms with Crippen LogP contribution in [-0.2, 0) is 0 Å². The molecule has 0 aliphatic rings. The van der Waals surface area contributed by atoms with Gasteiger partial charge in [0.2, 0.25) is 5.89 Å². The highest BCUT2D eigenvalue weighted by Gasteiger charge is 2.16. The van der Waals surface area contributed by atoms with Gasteiger partial charge >= 0.3 is 0 Å². The molecule has 0 aliphatic carbocycles. The summed E-state index contributed by atoms with van der Waals surface area (Å²) in [4.78, 5) is 19.6. The van der Waals surface area contributed by atoms with E-state index in [4.69, 9.17) is 24.4 Å². The molecule has 5 nitrogen and oxygen atoms in total. The summed E-state index contributed by atoms with van der Waals surface area (Å²) in [5, 5.41) is 4.62. The van der Waals surface area contributed by atoms with Crippen LogP contribution in [0.25, 0.3) is 98.8 Å². The third kappa shape index (κ3) is 4.93. The van der Waals surface area contributed by atoms with Crippen molar-refractivity contribution in [3.8, 4) is 56.7 Å². The van der Waals surface area contributed by atoms with Gasteiger partial charge in [-0.05, 0) is 58.3 Å². The van der Waals surface area contributed by atoms with Crippen molar-refractivity contribution in [3.05, 3.63) is 158 Å². The zero-order chi connectivity index (χ0) is 33.0. The Labute approximate surface area is 291 Å². The first-order chi connectivity index (χ1) is 24.7. The predicted octanol–water partition coefficient (Wildman–Crippen LogP) is 11.9. The van der Waals surface area contributed by atoms with Crippen molar-refractivity contribution in [2.75, 3.05) is 0 Å². The summed E-state index contributed by atoms with van der Waals surface area (Å²) in [5.41, 5.74) is 7.85. The molecule has 10 aromatic rings. The lowest BCUT2D eigenvalue weighted by atomic mass is 9.97. The zero-order valence-electron chi connectivity index (χ0n) is 26.6. The molecule has 6 heteroatoms. The van der Waals surface area contributed by atoms with Crippen LogP contribution < -0.4 is 0 Å². The van der Waals surface area contributed by atoms with E-state index in [0.717, 1.165) is 49.7 Å². The van der Waals surface area contributed by atoms with E-state index in [1.54, 1.807) is 11.3 Å². The van der Waals surface area contributed by atoms with Gasteiger partial charge in [0.15, 0.2) is 23.1 Å². The molecular formula is C44H26N4OS. The molecule has 0 fully saturated rings. The number of thiophene rings is 1. The zero-order valence-corrected chi connectivity index (χ0v) is 27.4. The Kier molecular flexibility index (Phi) is 6.60. The highest BCUT2D eigenvalue weighted by atomic mass is 32.1. The number of hydrogen-bond donors (Lipinski definition) is 0. The van der Waals surface area contributed by atoms with Gasteiger partial charge in [0.1, 0.15) is 5.52 Å². The van der Waals surface area contributed by atoms with Crippen LogP contribution in [-0.4, -0.2) is 19.9 Å². The van der Waals surface area contributed by atoms with Crippen LogP contribution in [0.5, 0.6) is 0 Å². The van der Waals surface area contributed by atoms with Crippen LogP contribution in [0.3, 0.4) is 0 Å². The van der Waals surface area contributed by atoms with Crippen LogP contribution in [0.1, 0.15) is 0 Å². The molecule has 0 amide bonds. The van der Waals surface area contributed by atoms with Gasteiger partial charge < -0.3 is 4.42 Å². The Morgan fingerprint density at radius 1 is 0.400 bits per heavy atom. The minimum atomic E-state index is 0.646. The average molecular weight is 659 g/mol. The Balaban J connectivity index is 1.04. The number of oxazole rings is 1. The second-order valence-electron chi connectivity index (χ2n) is 12.3. The van der Waals surface area contributed by atoms with Crippen molar-refractivity contribution in [1.82, 2.24) is 19.9 Å². The lowest BCUT2D eigenvalue weighted by molar-refractivity contribution is 0.620. The Bertz CT molecular complexity index is 2810. The molecule has 234 valence electrons. The summed E-state index contributed by atoms with van der Waals surface area (Å²) >= 11 is 1.79. The first kappa shape index (κ1) is 28.5. The van der Waals surface area contributed by atoms with Gasteiger partial charge in [0, 0.05) is 42.4 Å². The summed E-state index contributed by atoms with van der Waals surface area (Å²) in [6.45, 7) is 0. The summed E-state index contributed by atoms with van der Waals surface area (Å²) in [6.07, 6.45) is 0. The number of fused-ring (bicyclic) bond motifs is 5. The summed E-state index contributed by atoms with van der Waals surface area (Å²) in [5.74, 6) is 2.60. The van der Waals surface area contributed by atoms with Gasteiger partial charge in [-0.1, -0.05) is 121 Å². The predicted molar refractivity (Wildman–Crippen MR) is 205 cm³/mol. The topological polar surface area (TPSA) is 64.7 Å². The highest BCUT2D eigenvalue weighted by molar-refractivity contribution is 7.25. The molecule has 0 aliphatic heterocycles. The van der Waals surface area contributed by atoms with Crippen LogP contribution >= 0.6 is 11.3 Å². The Morgan fingerprint density at radius 2 is 1.00 bits per heavy atom. The summed E-state index contributed by atoms with van der Waals surface area (Å²) in [7, 11) is 0. The number of hydrogen-bond acceptors (Lipinski definition) is 6. The Morgan fingerprint density at radius 3 is 1.70 bits per heavy atom. The van der Waals surface area contributed by atoms with Gasteiger partial charge in [-0.3, -0.25) is 0 Å². The van der Waals surface area contributed by atoms with E-state index < -0.39 is 0 Å². The van der Waals surface area contributed by atoms with Gasteiger partial charge in [-0.15, -0.1) is 11.3 Å². The second-order valence-corrected chi connectivity index (χ2v) is 13.4. The fourth-order valence-corrected chi connectivity index (χ4v) is 7.83. The molecule has 50 heavy (non-hydrogen) atoms. The highest BCUT2D eigenvalue weighted by Crippen LogP contribution is 2.40. The molecule has 7 aromatic carbocycles. The third-order valence-corrected chi connectivity index (χ3v) is 10.3. The fourth-order valence-electron chi connectivity index (χ4n) is 6.67. The van der Waals surface area contributed by atoms with Crippen LogP contribution in [0, 0.1) is 0 Å². The molecule has 3 heterocycles. The lowest BCUT2D eigenvalue weighted by Gasteiger charge is -2.11. The molecule has 0 saturated heterocycles. The molecule has 0 saturated carbocycles. The summed E-state index contributed by atoms with van der Waals surface area (Å²) < 4.78 is 8.62. The van der Waals surface area contributed by atoms with Crippen molar-refractivity contribution in [3.63, 3.8) is 0 Å². The van der Waals surface area contributed by atoms with E-state index in [0.29, 0.717) is 23.4 Å². The minimum absolute atomic E-state index is 0.646. The van der Waals surface area contributed by atoms with Gasteiger partial charge in [-0.25, -0.2) is 19.9 Å². The van der Waals surface area contributed by atoms with E-state index in [2.05, 4.69) is 66.7 Å². The molecule has 0 unspecified atom stereocenters. The van der Waals surface area contributed by atoms with Crippen LogP contribution in [0.2, 0.25) is 0 Å². The standard InChI is InChI=1S/C44H26N4OS/c1-4-11-27(12-5-1)41-46-42(28-13-6-2-7-14-28)48-43(47-41)35-18-10-17-32-23-30(19-21-33(32)35)31-20-22-34-36-25-38-37(26-40(36)50-39(34)24-31)45-44(49-38)29-15-8-3-9-16-29/h1-26H. The molecule has 0 atom stereocenters. The molecule has 0 bridgehead atoms. The first-order valence-electron chi connectivity index (χ1n) is 16.5. The summed E-state index contributed by atoms with van der Waals surface area (Å²) in [6, 6.07) is 54.2. The monoisotopic (exact) mass is 658 g/mol. The maximum absolute atomic E-state index is 6.20. The molecule has 0 spiro atoms. The van der Waals surface area contributed by atoms with E-state index in [-0.39, 0.29) is 0 Å². The smallest absolute Gasteiger partial charge is 0.227 e. The number of nitrogens with zero attached hydrogens (tertiary/aromatic N) is 4. The third-order valence-electron chi connectivity index (χ3n) is 9.16. The van der Waals surface area contributed by atoms with Crippen molar-refractivity contribution in [2.24, 2.45) is 0 Å². The quantitative estimate of drug-likeness (QED) is 0.184. The second kappa shape index (κ2) is 11.6. The maximum atomic E-state index is 6.20. The van der Waals surface area contributed by atoms with Crippen molar-refractivity contribution >= 4 is 53.4 Å². The Hall–Kier alpha value is -6.50. The van der Waals surface area contributed by atoms with E-state index in [1.807, 2.05) is 91.0 Å². The van der Waals surface area contributed by atoms with Crippen molar-refractivity contribution in [2.45, 2.75) is 0 Å². The van der Waals surface area contributed by atoms with Gasteiger partial charge in [-0.2, -0.15) is 0 Å². The number of aromatic nitrogens is 4. The fraction of sp³-hybridized carbons (Fsp3) is 0. The maximum Gasteiger partial charge on any atom is 0.227 e. The minimum Gasteiger partial charge on any atom is -0.436 e. The van der Waals surface area contributed by atoms with Crippen LogP contribution in [0.15, 0.2) is 162 Å². The molecule has 10 rings (SSSR count). The van der Waals surface area contributed by atoms with E-state index in [9.17, 15) is 0 Å². The molecular weight excluding hydrogens is 633 g/mol. The van der Waals surface area contributed by atoms with Crippen molar-refractivity contribution in [1.29, 1.82) is 0 Å². The van der Waals surface area contributed by atoms with Crippen molar-refractivity contribution < 1.29 is 4.42 Å². The van der Waals surface area contributed by atoms with Crippen LogP contribution in [0.4, 0.5) is 0 Å². The normalized spacial score (nSPS) is 11.6. The first-order valence-corrected chi connectivity index (χ1v) is 17.3. The molecule has 3 aromatic heterocycles. The number of rotatable bonds is 5. The van der Waals surface area contributed by atoms with Gasteiger partial charge in [0.25, 0.3) is 0 Å². The van der Waals surface area contributed by atoms with Gasteiger partial charge in [0.05, 0.1) is 0 Å². The molecule has 0 radical (unpaired) electrons. The average Bonchev–Trinajstić information content (AvgIpc) is 3.77. The lowest BCUT2D eigenvalue weighted by Crippen LogP contribution is -2.00. The largest absolute Gasteiger partial charge is 0.436 e. The van der Waals surface area contributed by atoms with E-state index >= 15 is 0 Å². The number of benzene rings is 7. The van der Waals surface area contributed by atoms with E-state index in [1.165, 1.54) is 25.7 Å². The SMILES string of the molecule is c1ccc(-c2nc(-c3ccccc3)nc(-c3cccc4cc(-c5ccc6c(c5)sc5cc7nc(-c8ccccc8)oc7cc56)ccc34)n2)cc1.